The molecule has 22 heteroatoms. The maximum atomic E-state index is 14.3. The van der Waals surface area contributed by atoms with Gasteiger partial charge in [0.2, 0.25) is 0 Å². The van der Waals surface area contributed by atoms with Gasteiger partial charge in [-0.1, -0.05) is 24.3 Å². The quantitative estimate of drug-likeness (QED) is 0.0291. The van der Waals surface area contributed by atoms with Gasteiger partial charge in [0.25, 0.3) is 23.6 Å². The molecule has 438 valence electrons. The summed E-state index contributed by atoms with van der Waals surface area (Å²) in [5, 5.41) is 17.5. The zero-order valence-corrected chi connectivity index (χ0v) is 46.6. The Bertz CT molecular complexity index is 2860. The van der Waals surface area contributed by atoms with Crippen LogP contribution in [0, 0.1) is 0 Å². The van der Waals surface area contributed by atoms with Crippen LogP contribution in [0.2, 0.25) is 0 Å². The van der Waals surface area contributed by atoms with E-state index in [9.17, 15) is 43.2 Å². The van der Waals surface area contributed by atoms with Gasteiger partial charge in [-0.05, 0) is 155 Å². The normalized spacial score (nSPS) is 12.4. The van der Waals surface area contributed by atoms with Gasteiger partial charge in [-0.25, -0.2) is 0 Å². The van der Waals surface area contributed by atoms with Crippen LogP contribution in [0.15, 0.2) is 72.8 Å². The summed E-state index contributed by atoms with van der Waals surface area (Å²) in [6, 6.07) is 14.4. The highest BCUT2D eigenvalue weighted by Gasteiger charge is 2.29. The molecule has 81 heavy (non-hydrogen) atoms. The number of hydrogen-bond donors (Lipinski definition) is 9. The molecule has 0 saturated heterocycles. The molecule has 0 spiro atoms. The fraction of sp³-hybridized carbons (Fsp3) is 0.441. The van der Waals surface area contributed by atoms with Crippen LogP contribution >= 0.6 is 0 Å². The Kier molecular flexibility index (Phi) is 27.1. The van der Waals surface area contributed by atoms with Gasteiger partial charge in [-0.2, -0.15) is 0 Å². The van der Waals surface area contributed by atoms with E-state index in [1.165, 1.54) is 77.0 Å². The summed E-state index contributed by atoms with van der Waals surface area (Å²) in [4.78, 5) is 121. The number of nitrogens with two attached hydrogens (primary N) is 5. The molecule has 4 atom stereocenters. The third-order valence-electron chi connectivity index (χ3n) is 13.6. The van der Waals surface area contributed by atoms with E-state index in [4.69, 9.17) is 52.7 Å². The van der Waals surface area contributed by atoms with Crippen LogP contribution in [0.1, 0.15) is 134 Å². The molecule has 0 fully saturated rings. The van der Waals surface area contributed by atoms with Gasteiger partial charge in [0.15, 0.2) is 23.1 Å². The van der Waals surface area contributed by atoms with Crippen molar-refractivity contribution in [3.8, 4) is 23.0 Å². The zero-order chi connectivity index (χ0) is 59.6. The van der Waals surface area contributed by atoms with Gasteiger partial charge in [-0.15, -0.1) is 0 Å². The lowest BCUT2D eigenvalue weighted by Gasteiger charge is -2.21. The van der Waals surface area contributed by atoms with E-state index in [1.54, 1.807) is 24.3 Å². The molecule has 0 bridgehead atoms. The maximum Gasteiger partial charge on any atom is 0.303 e. The minimum Gasteiger partial charge on any atom is -0.496 e. The molecule has 14 N–H and O–H groups in total. The second kappa shape index (κ2) is 33.5. The van der Waals surface area contributed by atoms with E-state index in [0.29, 0.717) is 80.4 Å². The monoisotopic (exact) mass is 1120 g/mol. The molecule has 0 aliphatic heterocycles. The first kappa shape index (κ1) is 65.5. The number of rotatable bonds is 38. The number of benzene rings is 4. The van der Waals surface area contributed by atoms with E-state index in [0.717, 1.165) is 0 Å². The molecule has 0 saturated carbocycles. The first-order chi connectivity index (χ1) is 38.8. The van der Waals surface area contributed by atoms with E-state index >= 15 is 0 Å². The highest BCUT2D eigenvalue weighted by molar-refractivity contribution is 6.03. The molecule has 0 aromatic heterocycles. The van der Waals surface area contributed by atoms with Gasteiger partial charge in [0, 0.05) is 32.1 Å². The Hall–Kier alpha value is -8.05. The Morgan fingerprint density at radius 1 is 0.432 bits per heavy atom. The highest BCUT2D eigenvalue weighted by atomic mass is 16.5. The van der Waals surface area contributed by atoms with E-state index in [-0.39, 0.29) is 109 Å². The molecule has 22 nitrogen and oxygen atoms in total. The third-order valence-corrected chi connectivity index (χ3v) is 13.6. The lowest BCUT2D eigenvalue weighted by atomic mass is 9.95. The molecule has 0 radical (unpaired) electrons. The van der Waals surface area contributed by atoms with Crippen molar-refractivity contribution in [2.24, 2.45) is 28.7 Å². The summed E-state index contributed by atoms with van der Waals surface area (Å²) in [6.07, 6.45) is 2.78. The average molecular weight is 1120 g/mol. The van der Waals surface area contributed by atoms with Gasteiger partial charge < -0.3 is 68.7 Å². The average Bonchev–Trinajstić information content (AvgIpc) is 3.52. The molecule has 4 aromatic rings. The predicted octanol–water partition coefficient (Wildman–Crippen LogP) is 3.24. The number of carboxylic acids is 1. The standard InChI is InChI=1S/C59H78N8O14/c1-78-51-19-14-35(27-39(51)56(64)74)32-48(69)44(11-5-8-24-60)65-58(76)41-29-37(16-21-53(41)80-3)34-50(71)46(13-7-10-26-62)67-59(77)42-30-38(17-22-54(42)81-4)33-49(70)45(12-6-9-25-61)66-57(75)40-28-36(15-20-52(40)79-2)31-47(68)43(63)18-23-55(72)73/h14-17,19-22,27-30,43-46H,5-13,18,23-26,31-34,60-63H2,1-4H3,(H2,64,74)(H,65,76)(H,66,75)(H,67,77)(H,72,73)/t43-,44-,45-,46-/m0/s1. The van der Waals surface area contributed by atoms with Crippen molar-refractivity contribution < 1.29 is 67.2 Å². The predicted molar refractivity (Wildman–Crippen MR) is 303 cm³/mol. The van der Waals surface area contributed by atoms with Crippen molar-refractivity contribution >= 4 is 52.7 Å². The van der Waals surface area contributed by atoms with Crippen molar-refractivity contribution in [3.05, 3.63) is 117 Å². The first-order valence-corrected chi connectivity index (χ1v) is 26.9. The molecule has 0 aliphatic carbocycles. The third kappa shape index (κ3) is 20.2. The summed E-state index contributed by atoms with van der Waals surface area (Å²) < 4.78 is 21.8. The van der Waals surface area contributed by atoms with E-state index < -0.39 is 71.1 Å². The number of ketones is 4. The molecule has 4 aromatic carbocycles. The van der Waals surface area contributed by atoms with Crippen molar-refractivity contribution in [2.75, 3.05) is 48.1 Å². The van der Waals surface area contributed by atoms with Crippen LogP contribution in [0.3, 0.4) is 0 Å². The van der Waals surface area contributed by atoms with Crippen LogP contribution in [-0.4, -0.2) is 130 Å². The number of Topliss-reactive ketones (excluding diaryl/α,β-unsaturated/α-hetero) is 4. The molecule has 4 amide bonds. The Morgan fingerprint density at radius 2 is 0.716 bits per heavy atom. The van der Waals surface area contributed by atoms with Gasteiger partial charge in [-0.3, -0.25) is 43.2 Å². The SMILES string of the molecule is COc1ccc(CC(=O)[C@H](CCCCN)NC(=O)c2cc(CC(=O)[C@H](CCCCN)NC(=O)c3cc(CC(=O)[C@H](CCCCN)NC(=O)c4cc(CC(=O)[C@@H](N)CCC(=O)O)ccc4OC)ccc3OC)ccc2OC)cc1C(N)=O. The minimum atomic E-state index is -1.09. The minimum absolute atomic E-state index is 0.0289. The molecular weight excluding hydrogens is 1040 g/mol. The van der Waals surface area contributed by atoms with Crippen molar-refractivity contribution in [3.63, 3.8) is 0 Å². The summed E-state index contributed by atoms with van der Waals surface area (Å²) >= 11 is 0. The lowest BCUT2D eigenvalue weighted by Crippen LogP contribution is -2.42. The van der Waals surface area contributed by atoms with Crippen LogP contribution in [0.4, 0.5) is 0 Å². The molecule has 0 heterocycles. The maximum absolute atomic E-state index is 14.3. The summed E-state index contributed by atoms with van der Waals surface area (Å²) in [5.41, 5.74) is 30.8. The van der Waals surface area contributed by atoms with E-state index in [2.05, 4.69) is 16.0 Å². The number of hydrogen-bond acceptors (Lipinski definition) is 17. The number of ether oxygens (including phenoxy) is 4. The van der Waals surface area contributed by atoms with Gasteiger partial charge in [0.05, 0.1) is 74.9 Å². The Morgan fingerprint density at radius 3 is 0.988 bits per heavy atom. The van der Waals surface area contributed by atoms with Crippen LogP contribution < -0.4 is 63.6 Å². The number of aliphatic carboxylic acids is 1. The van der Waals surface area contributed by atoms with Crippen LogP contribution in [0.25, 0.3) is 0 Å². The number of carbonyl (C=O) groups excluding carboxylic acids is 8. The van der Waals surface area contributed by atoms with E-state index in [1.807, 2.05) is 0 Å². The second-order valence-electron chi connectivity index (χ2n) is 19.5. The topological polar surface area (TPSA) is 377 Å². The number of carbonyl (C=O) groups is 9. The molecule has 4 rings (SSSR count). The number of carboxylic acid groups (broad SMARTS) is 1. The highest BCUT2D eigenvalue weighted by Crippen LogP contribution is 2.26. The fourth-order valence-electron chi connectivity index (χ4n) is 9.06. The molecule has 0 aliphatic rings. The van der Waals surface area contributed by atoms with Crippen LogP contribution in [0.5, 0.6) is 23.0 Å². The largest absolute Gasteiger partial charge is 0.496 e. The zero-order valence-electron chi connectivity index (χ0n) is 46.6. The number of primary amides is 1. The second-order valence-corrected chi connectivity index (χ2v) is 19.5. The number of methoxy groups -OCH3 is 4. The summed E-state index contributed by atoms with van der Waals surface area (Å²) in [5.74, 6) is -4.57. The van der Waals surface area contributed by atoms with Crippen molar-refractivity contribution in [1.29, 1.82) is 0 Å². The van der Waals surface area contributed by atoms with Crippen LogP contribution in [-0.2, 0) is 49.7 Å². The number of nitrogens with one attached hydrogen (secondary N) is 3. The first-order valence-electron chi connectivity index (χ1n) is 26.9. The lowest BCUT2D eigenvalue weighted by molar-refractivity contribution is -0.137. The molecular formula is C59H78N8O14. The summed E-state index contributed by atoms with van der Waals surface area (Å²) in [7, 11) is 5.51. The Balaban J connectivity index is 1.55. The van der Waals surface area contributed by atoms with Gasteiger partial charge >= 0.3 is 5.97 Å². The summed E-state index contributed by atoms with van der Waals surface area (Å²) in [6.45, 7) is 1.05. The Labute approximate surface area is 471 Å². The van der Waals surface area contributed by atoms with Crippen molar-refractivity contribution in [2.45, 2.75) is 120 Å². The fourth-order valence-corrected chi connectivity index (χ4v) is 9.06. The smallest absolute Gasteiger partial charge is 0.303 e. The number of unbranched alkanes of at least 4 members (excludes halogenated alkanes) is 3. The van der Waals surface area contributed by atoms with Gasteiger partial charge in [0.1, 0.15) is 23.0 Å². The number of amides is 4. The molecule has 0 unspecified atom stereocenters. The van der Waals surface area contributed by atoms with Crippen molar-refractivity contribution in [1.82, 2.24) is 16.0 Å².